The number of ether oxygens (including phenoxy) is 2. The van der Waals surface area contributed by atoms with E-state index in [1.165, 1.54) is 24.5 Å². The molecule has 1 unspecified atom stereocenters. The van der Waals surface area contributed by atoms with Crippen LogP contribution >= 0.6 is 0 Å². The summed E-state index contributed by atoms with van der Waals surface area (Å²) in [5, 5.41) is 6.60. The fourth-order valence-corrected chi connectivity index (χ4v) is 6.50. The van der Waals surface area contributed by atoms with Gasteiger partial charge in [-0.3, -0.25) is 9.59 Å². The second-order valence-electron chi connectivity index (χ2n) is 12.5. The number of nitrogens with zero attached hydrogens (tertiary/aromatic N) is 4. The summed E-state index contributed by atoms with van der Waals surface area (Å²) in [6.45, 7) is 2.98. The van der Waals surface area contributed by atoms with Crippen molar-refractivity contribution in [2.24, 2.45) is 5.92 Å². The van der Waals surface area contributed by atoms with Gasteiger partial charge in [-0.15, -0.1) is 0 Å². The van der Waals surface area contributed by atoms with Crippen LogP contribution < -0.4 is 20.1 Å². The average Bonchev–Trinajstić information content (AvgIpc) is 3.45. The van der Waals surface area contributed by atoms with Gasteiger partial charge in [-0.25, -0.2) is 14.4 Å². The van der Waals surface area contributed by atoms with E-state index >= 15 is 4.39 Å². The number of benzene rings is 4. The van der Waals surface area contributed by atoms with E-state index < -0.39 is 17.8 Å². The molecule has 1 fully saturated rings. The Labute approximate surface area is 283 Å². The first-order chi connectivity index (χ1) is 23.9. The molecule has 7 rings (SSSR count). The molecular formula is C38H37FN6O4. The number of hydrogen-bond donors (Lipinski definition) is 2. The SMILES string of the molecule is COc1cc2c(Nc3cc(NC(=O)C(c4ccccc4)N4Cc5ccccc5C4=O)ccc3F)ncnc2cc1OCC1CCN(C)CC1. The van der Waals surface area contributed by atoms with Crippen molar-refractivity contribution in [1.82, 2.24) is 19.8 Å². The van der Waals surface area contributed by atoms with Crippen molar-refractivity contribution in [3.8, 4) is 11.5 Å². The van der Waals surface area contributed by atoms with E-state index in [1.54, 1.807) is 24.1 Å². The highest BCUT2D eigenvalue weighted by Crippen LogP contribution is 2.37. The van der Waals surface area contributed by atoms with E-state index in [1.807, 2.05) is 54.6 Å². The van der Waals surface area contributed by atoms with Crippen LogP contribution in [0.15, 0.2) is 91.3 Å². The van der Waals surface area contributed by atoms with Crippen molar-refractivity contribution in [3.05, 3.63) is 114 Å². The van der Waals surface area contributed by atoms with Crippen LogP contribution in [0.2, 0.25) is 0 Å². The third-order valence-corrected chi connectivity index (χ3v) is 9.25. The molecule has 11 heteroatoms. The fraction of sp³-hybridized carbons (Fsp3) is 0.263. The second-order valence-corrected chi connectivity index (χ2v) is 12.5. The molecule has 0 saturated carbocycles. The van der Waals surface area contributed by atoms with E-state index in [-0.39, 0.29) is 11.6 Å². The van der Waals surface area contributed by atoms with Crippen molar-refractivity contribution >= 4 is 39.9 Å². The molecule has 4 aromatic carbocycles. The highest BCUT2D eigenvalue weighted by atomic mass is 19.1. The lowest BCUT2D eigenvalue weighted by atomic mass is 9.98. The van der Waals surface area contributed by atoms with E-state index in [4.69, 9.17) is 9.47 Å². The van der Waals surface area contributed by atoms with Crippen molar-refractivity contribution in [3.63, 3.8) is 0 Å². The molecule has 1 aromatic heterocycles. The van der Waals surface area contributed by atoms with Gasteiger partial charge >= 0.3 is 0 Å². The number of methoxy groups -OCH3 is 1. The van der Waals surface area contributed by atoms with Gasteiger partial charge in [0.15, 0.2) is 11.5 Å². The normalized spacial score (nSPS) is 15.6. The molecule has 2 amide bonds. The van der Waals surface area contributed by atoms with E-state index in [0.29, 0.717) is 64.1 Å². The summed E-state index contributed by atoms with van der Waals surface area (Å²) in [6, 6.07) is 23.4. The predicted molar refractivity (Wildman–Crippen MR) is 186 cm³/mol. The van der Waals surface area contributed by atoms with Gasteiger partial charge in [0.1, 0.15) is 24.0 Å². The Kier molecular flexibility index (Phi) is 9.08. The Morgan fingerprint density at radius 2 is 1.76 bits per heavy atom. The lowest BCUT2D eigenvalue weighted by molar-refractivity contribution is -0.120. The van der Waals surface area contributed by atoms with Gasteiger partial charge in [0.25, 0.3) is 11.8 Å². The Bertz CT molecular complexity index is 2000. The summed E-state index contributed by atoms with van der Waals surface area (Å²) >= 11 is 0. The monoisotopic (exact) mass is 660 g/mol. The number of carbonyl (C=O) groups is 2. The molecule has 5 aromatic rings. The fourth-order valence-electron chi connectivity index (χ4n) is 6.50. The number of hydrogen-bond acceptors (Lipinski definition) is 8. The molecule has 49 heavy (non-hydrogen) atoms. The Morgan fingerprint density at radius 1 is 0.980 bits per heavy atom. The van der Waals surface area contributed by atoms with Crippen molar-refractivity contribution < 1.29 is 23.5 Å². The molecule has 2 N–H and O–H groups in total. The number of likely N-dealkylation sites (tertiary alicyclic amines) is 1. The quantitative estimate of drug-likeness (QED) is 0.173. The van der Waals surface area contributed by atoms with Crippen molar-refractivity contribution in [1.29, 1.82) is 0 Å². The van der Waals surface area contributed by atoms with Gasteiger partial charge in [-0.05, 0) is 80.4 Å². The van der Waals surface area contributed by atoms with E-state index in [2.05, 4.69) is 32.5 Å². The zero-order chi connectivity index (χ0) is 33.9. The van der Waals surface area contributed by atoms with Crippen LogP contribution in [0, 0.1) is 11.7 Å². The smallest absolute Gasteiger partial charge is 0.255 e. The van der Waals surface area contributed by atoms with Crippen LogP contribution in [-0.4, -0.2) is 65.4 Å². The number of amides is 2. The van der Waals surface area contributed by atoms with Gasteiger partial charge in [0.05, 0.1) is 24.9 Å². The molecule has 3 heterocycles. The van der Waals surface area contributed by atoms with Crippen LogP contribution in [-0.2, 0) is 11.3 Å². The Morgan fingerprint density at radius 3 is 2.53 bits per heavy atom. The zero-order valence-electron chi connectivity index (χ0n) is 27.4. The third kappa shape index (κ3) is 6.75. The lowest BCUT2D eigenvalue weighted by Gasteiger charge is -2.28. The summed E-state index contributed by atoms with van der Waals surface area (Å²) in [4.78, 5) is 40.1. The van der Waals surface area contributed by atoms with Crippen LogP contribution in [0.5, 0.6) is 11.5 Å². The number of fused-ring (bicyclic) bond motifs is 2. The molecular weight excluding hydrogens is 623 g/mol. The highest BCUT2D eigenvalue weighted by Gasteiger charge is 2.37. The molecule has 0 spiro atoms. The van der Waals surface area contributed by atoms with Crippen LogP contribution in [0.3, 0.4) is 0 Å². The van der Waals surface area contributed by atoms with Gasteiger partial charge in [0, 0.05) is 29.2 Å². The largest absolute Gasteiger partial charge is 0.493 e. The minimum absolute atomic E-state index is 0.0975. The van der Waals surface area contributed by atoms with Crippen LogP contribution in [0.1, 0.15) is 40.4 Å². The summed E-state index contributed by atoms with van der Waals surface area (Å²) in [7, 11) is 3.70. The minimum Gasteiger partial charge on any atom is -0.493 e. The van der Waals surface area contributed by atoms with E-state index in [0.717, 1.165) is 31.5 Å². The van der Waals surface area contributed by atoms with Crippen LogP contribution in [0.4, 0.5) is 21.6 Å². The molecule has 2 aliphatic rings. The van der Waals surface area contributed by atoms with Crippen LogP contribution in [0.25, 0.3) is 10.9 Å². The molecule has 0 radical (unpaired) electrons. The molecule has 10 nitrogen and oxygen atoms in total. The standard InChI is InChI=1S/C38H37FN6O4/c1-44-16-14-24(15-17-44)22-49-34-20-31-29(19-33(34)48-2)36(41-23-40-31)43-32-18-27(12-13-30(32)39)42-37(46)35(25-8-4-3-5-9-25)45-21-26-10-6-7-11-28(26)38(45)47/h3-13,18-20,23-24,35H,14-17,21-22H2,1-2H3,(H,42,46)(H,40,41,43). The Balaban J connectivity index is 1.12. The topological polar surface area (TPSA) is 109 Å². The first-order valence-electron chi connectivity index (χ1n) is 16.3. The number of rotatable bonds is 10. The summed E-state index contributed by atoms with van der Waals surface area (Å²) < 4.78 is 27.1. The molecule has 0 aliphatic carbocycles. The predicted octanol–water partition coefficient (Wildman–Crippen LogP) is 6.58. The summed E-state index contributed by atoms with van der Waals surface area (Å²) in [5.74, 6) is 0.740. The number of halogens is 1. The zero-order valence-corrected chi connectivity index (χ0v) is 27.4. The van der Waals surface area contributed by atoms with Gasteiger partial charge in [-0.1, -0.05) is 48.5 Å². The van der Waals surface area contributed by atoms with Gasteiger partial charge < -0.3 is 29.9 Å². The van der Waals surface area contributed by atoms with E-state index in [9.17, 15) is 9.59 Å². The maximum Gasteiger partial charge on any atom is 0.255 e. The number of piperidine rings is 1. The lowest BCUT2D eigenvalue weighted by Crippen LogP contribution is -2.37. The number of anilines is 3. The van der Waals surface area contributed by atoms with Gasteiger partial charge in [0.2, 0.25) is 0 Å². The maximum absolute atomic E-state index is 15.3. The molecule has 2 aliphatic heterocycles. The molecule has 1 saturated heterocycles. The third-order valence-electron chi connectivity index (χ3n) is 9.25. The highest BCUT2D eigenvalue weighted by molar-refractivity contribution is 6.04. The molecule has 1 atom stereocenters. The average molecular weight is 661 g/mol. The van der Waals surface area contributed by atoms with Crippen molar-refractivity contribution in [2.75, 3.05) is 44.5 Å². The number of aromatic nitrogens is 2. The minimum atomic E-state index is -0.906. The molecule has 250 valence electrons. The summed E-state index contributed by atoms with van der Waals surface area (Å²) in [6.07, 6.45) is 3.55. The van der Waals surface area contributed by atoms with Crippen molar-refractivity contribution in [2.45, 2.75) is 25.4 Å². The van der Waals surface area contributed by atoms with Gasteiger partial charge in [-0.2, -0.15) is 0 Å². The number of carbonyl (C=O) groups excluding carboxylic acids is 2. The maximum atomic E-state index is 15.3. The first kappa shape index (κ1) is 32.0. The number of nitrogens with one attached hydrogen (secondary N) is 2. The Hall–Kier alpha value is -5.55. The molecule has 0 bridgehead atoms. The second kappa shape index (κ2) is 13.9. The summed E-state index contributed by atoms with van der Waals surface area (Å²) in [5.41, 5.74) is 3.15. The first-order valence-corrected chi connectivity index (χ1v) is 16.3.